The van der Waals surface area contributed by atoms with Crippen molar-refractivity contribution in [1.82, 2.24) is 15.2 Å². The molecular formula is C16H13ClN4O2S. The van der Waals surface area contributed by atoms with Gasteiger partial charge in [0.1, 0.15) is 0 Å². The molecule has 1 aromatic carbocycles. The lowest BCUT2D eigenvalue weighted by Gasteiger charge is -2.09. The molecule has 0 fully saturated rings. The zero-order valence-electron chi connectivity index (χ0n) is 12.6. The average molecular weight is 361 g/mol. The largest absolute Gasteiger partial charge is 0.411 e. The normalized spacial score (nSPS) is 11.9. The van der Waals surface area contributed by atoms with E-state index in [1.165, 1.54) is 11.8 Å². The number of thioether (sulfide) groups is 1. The van der Waals surface area contributed by atoms with Gasteiger partial charge in [-0.25, -0.2) is 0 Å². The van der Waals surface area contributed by atoms with E-state index in [0.717, 1.165) is 5.56 Å². The Labute approximate surface area is 147 Å². The Morgan fingerprint density at radius 3 is 2.75 bits per heavy atom. The van der Waals surface area contributed by atoms with Crippen LogP contribution >= 0.6 is 23.4 Å². The number of nitrogens with one attached hydrogen (secondary N) is 1. The molecule has 0 bridgehead atoms. The maximum atomic E-state index is 12.2. The first kappa shape index (κ1) is 16.5. The van der Waals surface area contributed by atoms with E-state index in [1.54, 1.807) is 49.6 Å². The SMILES string of the molecule is C[C@@H](Sc1nnc(-c2cccnc2)o1)C(=O)Nc1ccc(Cl)cc1. The molecule has 0 aliphatic carbocycles. The number of amides is 1. The van der Waals surface area contributed by atoms with E-state index in [4.69, 9.17) is 16.0 Å². The maximum absolute atomic E-state index is 12.2. The zero-order chi connectivity index (χ0) is 16.9. The van der Waals surface area contributed by atoms with Gasteiger partial charge in [0.15, 0.2) is 0 Å². The van der Waals surface area contributed by atoms with Gasteiger partial charge in [0, 0.05) is 23.1 Å². The second-order valence-corrected chi connectivity index (χ2v) is 6.60. The van der Waals surface area contributed by atoms with Crippen molar-refractivity contribution in [1.29, 1.82) is 0 Å². The maximum Gasteiger partial charge on any atom is 0.277 e. The van der Waals surface area contributed by atoms with Gasteiger partial charge in [-0.05, 0) is 43.3 Å². The molecule has 0 aliphatic rings. The highest BCUT2D eigenvalue weighted by Gasteiger charge is 2.19. The topological polar surface area (TPSA) is 80.9 Å². The molecule has 24 heavy (non-hydrogen) atoms. The molecule has 1 atom stereocenters. The van der Waals surface area contributed by atoms with Crippen molar-refractivity contribution in [3.8, 4) is 11.5 Å². The number of carbonyl (C=O) groups excluding carboxylic acids is 1. The Morgan fingerprint density at radius 1 is 1.25 bits per heavy atom. The first-order valence-corrected chi connectivity index (χ1v) is 8.34. The number of nitrogens with zero attached hydrogens (tertiary/aromatic N) is 3. The molecular weight excluding hydrogens is 348 g/mol. The number of aromatic nitrogens is 3. The molecule has 3 rings (SSSR count). The average Bonchev–Trinajstić information content (AvgIpc) is 3.06. The third-order valence-corrected chi connectivity index (χ3v) is 4.26. The van der Waals surface area contributed by atoms with Gasteiger partial charge in [0.05, 0.1) is 10.8 Å². The van der Waals surface area contributed by atoms with Crippen LogP contribution in [0.2, 0.25) is 5.02 Å². The molecule has 0 unspecified atom stereocenters. The molecule has 8 heteroatoms. The van der Waals surface area contributed by atoms with Gasteiger partial charge in [-0.15, -0.1) is 10.2 Å². The van der Waals surface area contributed by atoms with Crippen molar-refractivity contribution >= 4 is 35.0 Å². The fourth-order valence-electron chi connectivity index (χ4n) is 1.85. The van der Waals surface area contributed by atoms with Crippen LogP contribution in [0.4, 0.5) is 5.69 Å². The van der Waals surface area contributed by atoms with Crippen molar-refractivity contribution in [2.75, 3.05) is 5.32 Å². The summed E-state index contributed by atoms with van der Waals surface area (Å²) in [7, 11) is 0. The van der Waals surface area contributed by atoms with E-state index in [0.29, 0.717) is 21.8 Å². The summed E-state index contributed by atoms with van der Waals surface area (Å²) in [5.41, 5.74) is 1.41. The number of rotatable bonds is 5. The van der Waals surface area contributed by atoms with Crippen LogP contribution in [0.1, 0.15) is 6.92 Å². The summed E-state index contributed by atoms with van der Waals surface area (Å²) in [6, 6.07) is 10.5. The Hall–Kier alpha value is -2.38. The Balaban J connectivity index is 1.62. The van der Waals surface area contributed by atoms with Gasteiger partial charge < -0.3 is 9.73 Å². The fraction of sp³-hybridized carbons (Fsp3) is 0.125. The van der Waals surface area contributed by atoms with Gasteiger partial charge >= 0.3 is 0 Å². The first-order chi connectivity index (χ1) is 11.6. The van der Waals surface area contributed by atoms with E-state index in [-0.39, 0.29) is 5.91 Å². The second-order valence-electron chi connectivity index (χ2n) is 4.87. The van der Waals surface area contributed by atoms with Gasteiger partial charge in [-0.2, -0.15) is 0 Å². The van der Waals surface area contributed by atoms with Crippen LogP contribution in [-0.4, -0.2) is 26.3 Å². The molecule has 6 nitrogen and oxygen atoms in total. The second kappa shape index (κ2) is 7.46. The minimum absolute atomic E-state index is 0.163. The lowest BCUT2D eigenvalue weighted by atomic mass is 10.3. The first-order valence-electron chi connectivity index (χ1n) is 7.09. The molecule has 122 valence electrons. The molecule has 2 aromatic heterocycles. The van der Waals surface area contributed by atoms with Gasteiger partial charge in [-0.3, -0.25) is 9.78 Å². The van der Waals surface area contributed by atoms with Crippen LogP contribution in [-0.2, 0) is 4.79 Å². The summed E-state index contributed by atoms with van der Waals surface area (Å²) in [5.74, 6) is 0.208. The quantitative estimate of drug-likeness (QED) is 0.695. The summed E-state index contributed by atoms with van der Waals surface area (Å²) in [6.07, 6.45) is 3.30. The monoisotopic (exact) mass is 360 g/mol. The van der Waals surface area contributed by atoms with E-state index in [1.807, 2.05) is 6.07 Å². The zero-order valence-corrected chi connectivity index (χ0v) is 14.2. The summed E-state index contributed by atoms with van der Waals surface area (Å²) in [5, 5.41) is 11.3. The van der Waals surface area contributed by atoms with Crippen LogP contribution in [0.25, 0.3) is 11.5 Å². The smallest absolute Gasteiger partial charge is 0.277 e. The van der Waals surface area contributed by atoms with Gasteiger partial charge in [-0.1, -0.05) is 23.4 Å². The molecule has 1 amide bonds. The molecule has 0 saturated heterocycles. The summed E-state index contributed by atoms with van der Waals surface area (Å²) < 4.78 is 5.56. The van der Waals surface area contributed by atoms with E-state index in [2.05, 4.69) is 20.5 Å². The van der Waals surface area contributed by atoms with E-state index < -0.39 is 5.25 Å². The summed E-state index contributed by atoms with van der Waals surface area (Å²) in [6.45, 7) is 1.77. The van der Waals surface area contributed by atoms with E-state index >= 15 is 0 Å². The highest BCUT2D eigenvalue weighted by molar-refractivity contribution is 8.00. The fourth-order valence-corrected chi connectivity index (χ4v) is 2.65. The molecule has 2 heterocycles. The lowest BCUT2D eigenvalue weighted by molar-refractivity contribution is -0.115. The van der Waals surface area contributed by atoms with Gasteiger partial charge in [0.2, 0.25) is 11.8 Å². The van der Waals surface area contributed by atoms with Crippen molar-refractivity contribution in [2.24, 2.45) is 0 Å². The van der Waals surface area contributed by atoms with Gasteiger partial charge in [0.25, 0.3) is 5.22 Å². The predicted octanol–water partition coefficient (Wildman–Crippen LogP) is 3.90. The third-order valence-electron chi connectivity index (χ3n) is 3.07. The molecule has 0 radical (unpaired) electrons. The molecule has 0 aliphatic heterocycles. The van der Waals surface area contributed by atoms with Crippen LogP contribution in [0, 0.1) is 0 Å². The van der Waals surface area contributed by atoms with Crippen LogP contribution in [0.5, 0.6) is 0 Å². The number of hydrogen-bond donors (Lipinski definition) is 1. The van der Waals surface area contributed by atoms with Crippen molar-refractivity contribution < 1.29 is 9.21 Å². The number of benzene rings is 1. The Morgan fingerprint density at radius 2 is 2.04 bits per heavy atom. The number of halogens is 1. The highest BCUT2D eigenvalue weighted by Crippen LogP contribution is 2.26. The minimum atomic E-state index is -0.400. The number of pyridine rings is 1. The lowest BCUT2D eigenvalue weighted by Crippen LogP contribution is -2.22. The highest BCUT2D eigenvalue weighted by atomic mass is 35.5. The van der Waals surface area contributed by atoms with Crippen LogP contribution in [0.15, 0.2) is 58.4 Å². The molecule has 0 saturated carbocycles. The number of hydrogen-bond acceptors (Lipinski definition) is 6. The standard InChI is InChI=1S/C16H13ClN4O2S/c1-10(14(22)19-13-6-4-12(17)5-7-13)24-16-21-20-15(23-16)11-3-2-8-18-9-11/h2-10H,1H3,(H,19,22)/t10-/m1/s1. The predicted molar refractivity (Wildman–Crippen MR) is 92.9 cm³/mol. The summed E-state index contributed by atoms with van der Waals surface area (Å²) in [4.78, 5) is 16.2. The Bertz CT molecular complexity index is 824. The summed E-state index contributed by atoms with van der Waals surface area (Å²) >= 11 is 7.01. The molecule has 0 spiro atoms. The van der Waals surface area contributed by atoms with Crippen LogP contribution < -0.4 is 5.32 Å². The van der Waals surface area contributed by atoms with E-state index in [9.17, 15) is 4.79 Å². The van der Waals surface area contributed by atoms with Crippen molar-refractivity contribution in [3.05, 3.63) is 53.8 Å². The molecule has 3 aromatic rings. The van der Waals surface area contributed by atoms with Crippen LogP contribution in [0.3, 0.4) is 0 Å². The number of carbonyl (C=O) groups is 1. The van der Waals surface area contributed by atoms with Crippen molar-refractivity contribution in [2.45, 2.75) is 17.4 Å². The third kappa shape index (κ3) is 4.12. The minimum Gasteiger partial charge on any atom is -0.411 e. The number of anilines is 1. The van der Waals surface area contributed by atoms with Crippen molar-refractivity contribution in [3.63, 3.8) is 0 Å². The molecule has 1 N–H and O–H groups in total. The Kier molecular flexibility index (Phi) is 5.12.